The number of carbonyl (C=O) groups is 1. The number of aliphatic imine (C=N–C) groups is 1. The third-order valence-corrected chi connectivity index (χ3v) is 7.07. The first-order valence-electron chi connectivity index (χ1n) is 12.4. The molecule has 0 bridgehead atoms. The van der Waals surface area contributed by atoms with E-state index in [-0.39, 0.29) is 18.5 Å². The lowest BCUT2D eigenvalue weighted by Crippen LogP contribution is -2.41. The molecule has 1 aliphatic heterocycles. The summed E-state index contributed by atoms with van der Waals surface area (Å²) in [5.41, 5.74) is 4.99. The number of nitrogens with zero attached hydrogens (tertiary/aromatic N) is 2. The summed E-state index contributed by atoms with van der Waals surface area (Å²) < 4.78 is 0. The Morgan fingerprint density at radius 3 is 2.67 bits per heavy atom. The largest absolute Gasteiger partial charge is 0.376 e. The Balaban J connectivity index is 1.51. The monoisotopic (exact) mass is 525 g/mol. The summed E-state index contributed by atoms with van der Waals surface area (Å²) in [4.78, 5) is 23.5. The average Bonchev–Trinajstić information content (AvgIpc) is 3.34. The third kappa shape index (κ3) is 6.42. The van der Waals surface area contributed by atoms with E-state index in [9.17, 15) is 4.79 Å². The van der Waals surface area contributed by atoms with Gasteiger partial charge in [-0.2, -0.15) is 0 Å². The molecule has 0 aliphatic carbocycles. The van der Waals surface area contributed by atoms with E-state index in [2.05, 4.69) is 47.7 Å². The van der Waals surface area contributed by atoms with Gasteiger partial charge < -0.3 is 20.5 Å². The van der Waals surface area contributed by atoms with Crippen molar-refractivity contribution in [2.45, 2.75) is 39.8 Å². The summed E-state index contributed by atoms with van der Waals surface area (Å²) in [6, 6.07) is 15.3. The molecule has 4 rings (SSSR count). The number of anilines is 2. The zero-order valence-corrected chi connectivity index (χ0v) is 22.5. The van der Waals surface area contributed by atoms with Crippen LogP contribution in [0, 0.1) is 5.92 Å². The minimum Gasteiger partial charge on any atom is -0.376 e. The molecule has 1 aliphatic rings. The van der Waals surface area contributed by atoms with E-state index in [1.165, 1.54) is 5.56 Å². The first-order valence-corrected chi connectivity index (χ1v) is 13.1. The standard InChI is InChI=1S/C28H33Cl2N5O/c1-4-18(2)14-33-28-24(9-10-31-28)19(3)34-26-17-35(16-20-7-5-6-8-25(20)26)27(36)15-32-23-12-21(29)11-22(30)13-23/h5-13,18,26,31-33H,4,14-17H2,1-3H3. The number of nitrogens with one attached hydrogen (secondary N) is 3. The topological polar surface area (TPSA) is 72.5 Å². The molecule has 2 aromatic carbocycles. The Hall–Kier alpha value is -2.96. The summed E-state index contributed by atoms with van der Waals surface area (Å²) >= 11 is 12.2. The molecule has 2 heterocycles. The maximum Gasteiger partial charge on any atom is 0.242 e. The Morgan fingerprint density at radius 1 is 1.17 bits per heavy atom. The normalized spacial score (nSPS) is 16.4. The van der Waals surface area contributed by atoms with Crippen molar-refractivity contribution in [2.24, 2.45) is 10.9 Å². The van der Waals surface area contributed by atoms with Crippen LogP contribution in [0.1, 0.15) is 49.9 Å². The lowest BCUT2D eigenvalue weighted by Gasteiger charge is -2.33. The SMILES string of the molecule is CCC(C)CNc1[nH]ccc1C(C)=NC1CN(C(=O)CNc2cc(Cl)cc(Cl)c2)Cc2ccccc21. The van der Waals surface area contributed by atoms with Crippen LogP contribution in [0.3, 0.4) is 0 Å². The van der Waals surface area contributed by atoms with Crippen molar-refractivity contribution < 1.29 is 4.79 Å². The van der Waals surface area contributed by atoms with Gasteiger partial charge in [-0.3, -0.25) is 9.79 Å². The van der Waals surface area contributed by atoms with Gasteiger partial charge in [0.1, 0.15) is 5.82 Å². The number of aromatic nitrogens is 1. The molecule has 0 saturated carbocycles. The minimum atomic E-state index is -0.142. The van der Waals surface area contributed by atoms with Crippen LogP contribution in [0.25, 0.3) is 0 Å². The molecular formula is C28H33Cl2N5O. The number of carbonyl (C=O) groups excluding carboxylic acids is 1. The van der Waals surface area contributed by atoms with E-state index >= 15 is 0 Å². The van der Waals surface area contributed by atoms with Crippen LogP contribution in [0.15, 0.2) is 59.7 Å². The molecule has 3 N–H and O–H groups in total. The number of fused-ring (bicyclic) bond motifs is 1. The van der Waals surface area contributed by atoms with Crippen molar-refractivity contribution >= 4 is 46.3 Å². The second kappa shape index (κ2) is 11.8. The highest BCUT2D eigenvalue weighted by Gasteiger charge is 2.28. The highest BCUT2D eigenvalue weighted by Crippen LogP contribution is 2.31. The van der Waals surface area contributed by atoms with E-state index in [1.807, 2.05) is 30.2 Å². The predicted molar refractivity (Wildman–Crippen MR) is 151 cm³/mol. The van der Waals surface area contributed by atoms with Crippen LogP contribution in [0.2, 0.25) is 10.0 Å². The maximum absolute atomic E-state index is 13.2. The van der Waals surface area contributed by atoms with E-state index in [4.69, 9.17) is 28.2 Å². The fourth-order valence-electron chi connectivity index (χ4n) is 4.37. The number of amides is 1. The predicted octanol–water partition coefficient (Wildman–Crippen LogP) is 6.78. The molecule has 0 radical (unpaired) electrons. The Kier molecular flexibility index (Phi) is 8.60. The minimum absolute atomic E-state index is 0.00370. The summed E-state index contributed by atoms with van der Waals surface area (Å²) in [6.45, 7) is 8.59. The molecule has 3 aromatic rings. The van der Waals surface area contributed by atoms with Gasteiger partial charge in [0, 0.05) is 52.8 Å². The van der Waals surface area contributed by atoms with Crippen molar-refractivity contribution in [1.29, 1.82) is 0 Å². The van der Waals surface area contributed by atoms with E-state index in [0.29, 0.717) is 34.7 Å². The van der Waals surface area contributed by atoms with Crippen molar-refractivity contribution in [1.82, 2.24) is 9.88 Å². The van der Waals surface area contributed by atoms with Gasteiger partial charge in [-0.05, 0) is 48.2 Å². The molecule has 2 unspecified atom stereocenters. The van der Waals surface area contributed by atoms with Crippen molar-refractivity contribution in [3.63, 3.8) is 0 Å². The fourth-order valence-corrected chi connectivity index (χ4v) is 4.89. The van der Waals surface area contributed by atoms with Crippen LogP contribution < -0.4 is 10.6 Å². The number of hydrogen-bond acceptors (Lipinski definition) is 4. The molecule has 0 spiro atoms. The van der Waals surface area contributed by atoms with Gasteiger partial charge in [0.25, 0.3) is 0 Å². The zero-order chi connectivity index (χ0) is 25.7. The van der Waals surface area contributed by atoms with Gasteiger partial charge in [-0.1, -0.05) is 67.7 Å². The maximum atomic E-state index is 13.2. The molecule has 36 heavy (non-hydrogen) atoms. The quantitative estimate of drug-likeness (QED) is 0.269. The molecule has 1 aromatic heterocycles. The average molecular weight is 527 g/mol. The molecule has 190 valence electrons. The van der Waals surface area contributed by atoms with Crippen LogP contribution in [0.4, 0.5) is 11.5 Å². The Morgan fingerprint density at radius 2 is 1.92 bits per heavy atom. The van der Waals surface area contributed by atoms with Crippen molar-refractivity contribution in [2.75, 3.05) is 30.3 Å². The smallest absolute Gasteiger partial charge is 0.242 e. The molecule has 0 fully saturated rings. The number of aromatic amines is 1. The van der Waals surface area contributed by atoms with Gasteiger partial charge in [0.05, 0.1) is 12.6 Å². The molecule has 2 atom stereocenters. The summed E-state index contributed by atoms with van der Waals surface area (Å²) in [5, 5.41) is 7.72. The number of H-pyrrole nitrogens is 1. The summed E-state index contributed by atoms with van der Waals surface area (Å²) in [6.07, 6.45) is 3.06. The fraction of sp³-hybridized carbons (Fsp3) is 0.357. The summed E-state index contributed by atoms with van der Waals surface area (Å²) in [7, 11) is 0. The van der Waals surface area contributed by atoms with E-state index in [0.717, 1.165) is 35.6 Å². The number of benzene rings is 2. The number of halogens is 2. The second-order valence-electron chi connectivity index (χ2n) is 9.38. The number of hydrogen-bond donors (Lipinski definition) is 3. The van der Waals surface area contributed by atoms with E-state index < -0.39 is 0 Å². The van der Waals surface area contributed by atoms with Crippen LogP contribution in [0.5, 0.6) is 0 Å². The lowest BCUT2D eigenvalue weighted by atomic mass is 9.95. The van der Waals surface area contributed by atoms with Crippen LogP contribution >= 0.6 is 23.2 Å². The Bertz CT molecular complexity index is 1220. The number of rotatable bonds is 9. The molecule has 0 saturated heterocycles. The lowest BCUT2D eigenvalue weighted by molar-refractivity contribution is -0.130. The van der Waals surface area contributed by atoms with Crippen LogP contribution in [-0.2, 0) is 11.3 Å². The second-order valence-corrected chi connectivity index (χ2v) is 10.2. The third-order valence-electron chi connectivity index (χ3n) is 6.64. The highest BCUT2D eigenvalue weighted by atomic mass is 35.5. The zero-order valence-electron chi connectivity index (χ0n) is 20.9. The van der Waals surface area contributed by atoms with Gasteiger partial charge in [-0.25, -0.2) is 0 Å². The van der Waals surface area contributed by atoms with Gasteiger partial charge in [0.15, 0.2) is 0 Å². The first kappa shape index (κ1) is 26.1. The van der Waals surface area contributed by atoms with Gasteiger partial charge in [0.2, 0.25) is 5.91 Å². The first-order chi connectivity index (χ1) is 17.3. The van der Waals surface area contributed by atoms with E-state index in [1.54, 1.807) is 18.2 Å². The summed E-state index contributed by atoms with van der Waals surface area (Å²) in [5.74, 6) is 1.56. The Labute approximate surface area is 223 Å². The molecular weight excluding hydrogens is 493 g/mol. The molecule has 6 nitrogen and oxygen atoms in total. The van der Waals surface area contributed by atoms with Crippen molar-refractivity contribution in [3.8, 4) is 0 Å². The molecule has 1 amide bonds. The van der Waals surface area contributed by atoms with Crippen LogP contribution in [-0.4, -0.2) is 41.1 Å². The van der Waals surface area contributed by atoms with Gasteiger partial charge in [-0.15, -0.1) is 0 Å². The molecule has 8 heteroatoms. The van der Waals surface area contributed by atoms with Gasteiger partial charge >= 0.3 is 0 Å². The van der Waals surface area contributed by atoms with Crippen molar-refractivity contribution in [3.05, 3.63) is 81.5 Å². The highest BCUT2D eigenvalue weighted by molar-refractivity contribution is 6.35.